The van der Waals surface area contributed by atoms with Crippen molar-refractivity contribution in [2.45, 2.75) is 52.1 Å². The fraction of sp³-hybridized carbons (Fsp3) is 0.556. The number of rotatable bonds is 11. The molecule has 28 heavy (non-hydrogen) atoms. The fourth-order valence-corrected chi connectivity index (χ4v) is 2.55. The summed E-state index contributed by atoms with van der Waals surface area (Å²) in [5.41, 5.74) is 0. The van der Waals surface area contributed by atoms with Gasteiger partial charge in [0.25, 0.3) is 11.8 Å². The van der Waals surface area contributed by atoms with Crippen molar-refractivity contribution >= 4 is 35.4 Å². The molecule has 0 aromatic rings. The third-order valence-corrected chi connectivity index (χ3v) is 4.12. The summed E-state index contributed by atoms with van der Waals surface area (Å²) < 4.78 is 0. The molecule has 0 saturated carbocycles. The molecule has 1 aliphatic heterocycles. The molecule has 1 rings (SSSR count). The first-order valence-corrected chi connectivity index (χ1v) is 8.91. The monoisotopic (exact) mass is 395 g/mol. The second kappa shape index (κ2) is 10.3. The van der Waals surface area contributed by atoms with Crippen LogP contribution in [-0.4, -0.2) is 64.0 Å². The summed E-state index contributed by atoms with van der Waals surface area (Å²) in [6.07, 6.45) is 1.42. The molecule has 0 fully saturated rings. The first-order valence-electron chi connectivity index (χ1n) is 8.91. The molecule has 0 spiro atoms. The van der Waals surface area contributed by atoms with Gasteiger partial charge in [-0.15, -0.1) is 0 Å². The van der Waals surface area contributed by atoms with E-state index in [1.165, 1.54) is 6.92 Å². The Hall–Kier alpha value is -3.04. The van der Waals surface area contributed by atoms with Gasteiger partial charge in [-0.25, -0.2) is 0 Å². The van der Waals surface area contributed by atoms with E-state index in [9.17, 15) is 28.8 Å². The van der Waals surface area contributed by atoms with Crippen molar-refractivity contribution < 1.29 is 33.9 Å². The lowest BCUT2D eigenvalue weighted by atomic mass is 10.0. The number of carbonyl (C=O) groups excluding carboxylic acids is 5. The smallest absolute Gasteiger partial charge is 0.303 e. The molecular weight excluding hydrogens is 370 g/mol. The van der Waals surface area contributed by atoms with Crippen LogP contribution in [0.5, 0.6) is 0 Å². The van der Waals surface area contributed by atoms with Gasteiger partial charge in [0.05, 0.1) is 6.04 Å². The number of nitrogens with one attached hydrogen (secondary N) is 2. The Morgan fingerprint density at radius 1 is 1.00 bits per heavy atom. The van der Waals surface area contributed by atoms with Crippen LogP contribution in [0.15, 0.2) is 12.2 Å². The van der Waals surface area contributed by atoms with Gasteiger partial charge in [0.15, 0.2) is 5.78 Å². The van der Waals surface area contributed by atoms with Gasteiger partial charge in [0.1, 0.15) is 6.04 Å². The highest BCUT2D eigenvalue weighted by atomic mass is 16.4. The highest BCUT2D eigenvalue weighted by Gasteiger charge is 2.27. The van der Waals surface area contributed by atoms with Crippen LogP contribution >= 0.6 is 0 Å². The summed E-state index contributed by atoms with van der Waals surface area (Å²) in [5.74, 6) is -4.00. The standard InChI is InChI=1S/C18H25N3O7/c1-10(2)17(27)11(3)19-18(28)12(4-7-16(25)26)20-13(22)8-9-21-14(23)5-6-15(21)24/h5-6,10-12H,4,7-9H2,1-3H3,(H,19,28)(H,20,22)(H,25,26)/t11-,12-/m0/s1. The summed E-state index contributed by atoms with van der Waals surface area (Å²) >= 11 is 0. The molecule has 1 aliphatic rings. The number of hydrogen-bond acceptors (Lipinski definition) is 6. The number of nitrogens with zero attached hydrogens (tertiary/aromatic N) is 1. The maximum atomic E-state index is 12.4. The van der Waals surface area contributed by atoms with E-state index in [-0.39, 0.29) is 37.5 Å². The predicted octanol–water partition coefficient (Wildman–Crippen LogP) is -0.619. The van der Waals surface area contributed by atoms with Gasteiger partial charge in [0.2, 0.25) is 11.8 Å². The summed E-state index contributed by atoms with van der Waals surface area (Å²) in [5, 5.41) is 13.7. The minimum absolute atomic E-state index is 0.161. The van der Waals surface area contributed by atoms with Crippen LogP contribution in [0.1, 0.15) is 40.0 Å². The van der Waals surface area contributed by atoms with Crippen LogP contribution < -0.4 is 10.6 Å². The van der Waals surface area contributed by atoms with Gasteiger partial charge in [0, 0.05) is 37.5 Å². The molecule has 1 heterocycles. The number of amides is 4. The first kappa shape index (κ1) is 23.0. The summed E-state index contributed by atoms with van der Waals surface area (Å²) in [7, 11) is 0. The van der Waals surface area contributed by atoms with Crippen LogP contribution in [0.2, 0.25) is 0 Å². The molecule has 0 aliphatic carbocycles. The number of carbonyl (C=O) groups is 6. The average molecular weight is 395 g/mol. The van der Waals surface area contributed by atoms with Gasteiger partial charge >= 0.3 is 5.97 Å². The van der Waals surface area contributed by atoms with Crippen molar-refractivity contribution in [3.05, 3.63) is 12.2 Å². The molecule has 0 radical (unpaired) electrons. The number of Topliss-reactive ketones (excluding diaryl/α,β-unsaturated/α-hetero) is 1. The predicted molar refractivity (Wildman–Crippen MR) is 96.7 cm³/mol. The molecule has 0 bridgehead atoms. The number of hydrogen-bond donors (Lipinski definition) is 3. The number of imide groups is 1. The van der Waals surface area contributed by atoms with Crippen molar-refractivity contribution in [1.82, 2.24) is 15.5 Å². The lowest BCUT2D eigenvalue weighted by Crippen LogP contribution is -2.51. The van der Waals surface area contributed by atoms with E-state index in [4.69, 9.17) is 5.11 Å². The molecule has 10 nitrogen and oxygen atoms in total. The topological polar surface area (TPSA) is 150 Å². The van der Waals surface area contributed by atoms with Crippen molar-refractivity contribution in [2.75, 3.05) is 6.54 Å². The highest BCUT2D eigenvalue weighted by Crippen LogP contribution is 2.06. The van der Waals surface area contributed by atoms with Crippen LogP contribution in [-0.2, 0) is 28.8 Å². The lowest BCUT2D eigenvalue weighted by molar-refractivity contribution is -0.140. The van der Waals surface area contributed by atoms with E-state index < -0.39 is 41.7 Å². The highest BCUT2D eigenvalue weighted by molar-refractivity contribution is 6.13. The van der Waals surface area contributed by atoms with Crippen LogP contribution in [0.25, 0.3) is 0 Å². The quantitative estimate of drug-likeness (QED) is 0.395. The van der Waals surface area contributed by atoms with Gasteiger partial charge in [-0.05, 0) is 13.3 Å². The molecular formula is C18H25N3O7. The molecule has 0 aromatic carbocycles. The molecule has 0 saturated heterocycles. The van der Waals surface area contributed by atoms with Gasteiger partial charge < -0.3 is 15.7 Å². The van der Waals surface area contributed by atoms with E-state index in [0.717, 1.165) is 17.1 Å². The maximum absolute atomic E-state index is 12.4. The zero-order valence-electron chi connectivity index (χ0n) is 16.1. The van der Waals surface area contributed by atoms with Crippen molar-refractivity contribution in [3.63, 3.8) is 0 Å². The largest absolute Gasteiger partial charge is 0.481 e. The Morgan fingerprint density at radius 2 is 1.57 bits per heavy atom. The second-order valence-corrected chi connectivity index (χ2v) is 6.75. The van der Waals surface area contributed by atoms with E-state index in [0.29, 0.717) is 0 Å². The van der Waals surface area contributed by atoms with Crippen molar-refractivity contribution in [3.8, 4) is 0 Å². The molecule has 0 unspecified atom stereocenters. The third-order valence-electron chi connectivity index (χ3n) is 4.12. The maximum Gasteiger partial charge on any atom is 0.303 e. The SMILES string of the molecule is CC(C)C(=O)[C@H](C)NC(=O)[C@H](CCC(=O)O)NC(=O)CCN1C(=O)C=CC1=O. The Balaban J connectivity index is 2.67. The van der Waals surface area contributed by atoms with E-state index in [1.807, 2.05) is 0 Å². The molecule has 0 aromatic heterocycles. The zero-order chi connectivity index (χ0) is 21.4. The minimum Gasteiger partial charge on any atom is -0.481 e. The number of aliphatic carboxylic acids is 1. The molecule has 4 amide bonds. The Labute approximate surface area is 162 Å². The van der Waals surface area contributed by atoms with Crippen LogP contribution in [0.4, 0.5) is 0 Å². The Kier molecular flexibility index (Phi) is 8.49. The first-order chi connectivity index (χ1) is 13.0. The van der Waals surface area contributed by atoms with Crippen molar-refractivity contribution in [1.29, 1.82) is 0 Å². The number of ketones is 1. The second-order valence-electron chi connectivity index (χ2n) is 6.75. The van der Waals surface area contributed by atoms with E-state index >= 15 is 0 Å². The molecule has 3 N–H and O–H groups in total. The molecule has 154 valence electrons. The van der Waals surface area contributed by atoms with Crippen LogP contribution in [0, 0.1) is 5.92 Å². The fourth-order valence-electron chi connectivity index (χ4n) is 2.55. The Morgan fingerprint density at radius 3 is 2.07 bits per heavy atom. The van der Waals surface area contributed by atoms with E-state index in [2.05, 4.69) is 10.6 Å². The van der Waals surface area contributed by atoms with Gasteiger partial charge in [-0.2, -0.15) is 0 Å². The Bertz CT molecular complexity index is 681. The summed E-state index contributed by atoms with van der Waals surface area (Å²) in [4.78, 5) is 71.1. The lowest BCUT2D eigenvalue weighted by Gasteiger charge is -2.22. The normalized spacial score (nSPS) is 15.5. The average Bonchev–Trinajstić information content (AvgIpc) is 2.93. The minimum atomic E-state index is -1.16. The molecule has 2 atom stereocenters. The molecule has 10 heteroatoms. The zero-order valence-corrected chi connectivity index (χ0v) is 16.1. The number of carboxylic acid groups (broad SMARTS) is 1. The van der Waals surface area contributed by atoms with Crippen molar-refractivity contribution in [2.24, 2.45) is 5.92 Å². The van der Waals surface area contributed by atoms with Gasteiger partial charge in [-0.3, -0.25) is 33.7 Å². The van der Waals surface area contributed by atoms with Gasteiger partial charge in [-0.1, -0.05) is 13.8 Å². The third kappa shape index (κ3) is 6.93. The van der Waals surface area contributed by atoms with E-state index in [1.54, 1.807) is 13.8 Å². The summed E-state index contributed by atoms with van der Waals surface area (Å²) in [6.45, 7) is 4.72. The van der Waals surface area contributed by atoms with Crippen LogP contribution in [0.3, 0.4) is 0 Å². The summed E-state index contributed by atoms with van der Waals surface area (Å²) in [6, 6.07) is -1.95. The number of carboxylic acids is 1.